The van der Waals surface area contributed by atoms with Gasteiger partial charge in [-0.15, -0.1) is 0 Å². The minimum Gasteiger partial charge on any atom is -0.277 e. The molecule has 0 atom stereocenters. The SMILES string of the molecule is c1ccc(-c2nc(-c3ccccc3)nc(-n3c4ccc5ccccc5c4c4c5c(c6ccccc6c43)-c3ccccc3C53CCCCC3)n2)cc1. The van der Waals surface area contributed by atoms with Crippen molar-refractivity contribution in [1.82, 2.24) is 19.5 Å². The number of aromatic nitrogens is 4. The fourth-order valence-electron chi connectivity index (χ4n) is 9.52. The highest BCUT2D eigenvalue weighted by Crippen LogP contribution is 2.61. The Labute approximate surface area is 296 Å². The van der Waals surface area contributed by atoms with Crippen molar-refractivity contribution in [1.29, 1.82) is 0 Å². The normalized spacial score (nSPS) is 14.8. The lowest BCUT2D eigenvalue weighted by Gasteiger charge is -2.36. The summed E-state index contributed by atoms with van der Waals surface area (Å²) in [6.07, 6.45) is 6.07. The van der Waals surface area contributed by atoms with Gasteiger partial charge in [-0.1, -0.05) is 159 Å². The van der Waals surface area contributed by atoms with Gasteiger partial charge >= 0.3 is 0 Å². The van der Waals surface area contributed by atoms with Crippen LogP contribution >= 0.6 is 0 Å². The van der Waals surface area contributed by atoms with Crippen LogP contribution in [-0.4, -0.2) is 19.5 Å². The lowest BCUT2D eigenvalue weighted by molar-refractivity contribution is 0.355. The summed E-state index contributed by atoms with van der Waals surface area (Å²) < 4.78 is 2.36. The number of benzene rings is 7. The summed E-state index contributed by atoms with van der Waals surface area (Å²) in [6.45, 7) is 0. The highest BCUT2D eigenvalue weighted by atomic mass is 15.2. The second kappa shape index (κ2) is 10.9. The predicted molar refractivity (Wildman–Crippen MR) is 209 cm³/mol. The summed E-state index contributed by atoms with van der Waals surface area (Å²) >= 11 is 0. The predicted octanol–water partition coefficient (Wildman–Crippen LogP) is 11.8. The van der Waals surface area contributed by atoms with Gasteiger partial charge in [0.2, 0.25) is 5.95 Å². The second-order valence-electron chi connectivity index (χ2n) is 14.2. The molecule has 242 valence electrons. The van der Waals surface area contributed by atoms with Crippen molar-refractivity contribution in [2.45, 2.75) is 37.5 Å². The van der Waals surface area contributed by atoms with Crippen molar-refractivity contribution in [2.75, 3.05) is 0 Å². The first-order valence-corrected chi connectivity index (χ1v) is 18.2. The van der Waals surface area contributed by atoms with Gasteiger partial charge in [0, 0.05) is 32.7 Å². The zero-order valence-corrected chi connectivity index (χ0v) is 28.2. The molecule has 2 heterocycles. The zero-order valence-electron chi connectivity index (χ0n) is 28.2. The third-order valence-electron chi connectivity index (χ3n) is 11.6. The van der Waals surface area contributed by atoms with Gasteiger partial charge in [-0.2, -0.15) is 9.97 Å². The Morgan fingerprint density at radius 2 is 1.10 bits per heavy atom. The maximum Gasteiger partial charge on any atom is 0.238 e. The van der Waals surface area contributed by atoms with E-state index in [4.69, 9.17) is 15.0 Å². The van der Waals surface area contributed by atoms with E-state index in [-0.39, 0.29) is 5.41 Å². The lowest BCUT2D eigenvalue weighted by atomic mass is 9.66. The van der Waals surface area contributed by atoms with Gasteiger partial charge < -0.3 is 0 Å². The number of fused-ring (bicyclic) bond motifs is 14. The van der Waals surface area contributed by atoms with Gasteiger partial charge in [-0.25, -0.2) is 4.98 Å². The molecule has 0 bridgehead atoms. The summed E-state index contributed by atoms with van der Waals surface area (Å²) in [7, 11) is 0. The third-order valence-corrected chi connectivity index (χ3v) is 11.6. The van der Waals surface area contributed by atoms with E-state index in [9.17, 15) is 0 Å². The van der Waals surface area contributed by atoms with Crippen molar-refractivity contribution >= 4 is 43.4 Å². The summed E-state index contributed by atoms with van der Waals surface area (Å²) in [4.78, 5) is 15.7. The molecule has 4 heteroatoms. The molecule has 51 heavy (non-hydrogen) atoms. The van der Waals surface area contributed by atoms with Gasteiger partial charge in [0.15, 0.2) is 11.6 Å². The molecule has 1 saturated carbocycles. The molecule has 11 rings (SSSR count). The summed E-state index contributed by atoms with van der Waals surface area (Å²) in [5, 5.41) is 7.65. The van der Waals surface area contributed by atoms with Crippen LogP contribution in [0.1, 0.15) is 43.2 Å². The fourth-order valence-corrected chi connectivity index (χ4v) is 9.52. The first-order valence-electron chi connectivity index (χ1n) is 18.2. The Kier molecular flexibility index (Phi) is 6.15. The molecular formula is C47H34N4. The minimum absolute atomic E-state index is 0.0496. The molecule has 1 spiro atoms. The van der Waals surface area contributed by atoms with E-state index in [0.717, 1.165) is 29.5 Å². The molecule has 0 aliphatic heterocycles. The van der Waals surface area contributed by atoms with E-state index in [1.165, 1.54) is 79.4 Å². The number of hydrogen-bond acceptors (Lipinski definition) is 3. The number of rotatable bonds is 3. The molecule has 2 aliphatic rings. The summed E-state index contributed by atoms with van der Waals surface area (Å²) in [6, 6.07) is 52.3. The molecule has 0 radical (unpaired) electrons. The van der Waals surface area contributed by atoms with Crippen molar-refractivity contribution in [2.24, 2.45) is 0 Å². The Hall–Kier alpha value is -6.13. The van der Waals surface area contributed by atoms with Crippen molar-refractivity contribution in [3.63, 3.8) is 0 Å². The highest BCUT2D eigenvalue weighted by Gasteiger charge is 2.46. The van der Waals surface area contributed by atoms with Crippen LogP contribution in [0.15, 0.2) is 146 Å². The van der Waals surface area contributed by atoms with Crippen LogP contribution < -0.4 is 0 Å². The van der Waals surface area contributed by atoms with Gasteiger partial charge in [0.05, 0.1) is 11.0 Å². The third kappa shape index (κ3) is 4.05. The average molecular weight is 655 g/mol. The molecule has 1 fully saturated rings. The maximum absolute atomic E-state index is 5.34. The van der Waals surface area contributed by atoms with Crippen LogP contribution in [0.4, 0.5) is 0 Å². The minimum atomic E-state index is -0.0496. The Balaban J connectivity index is 1.37. The van der Waals surface area contributed by atoms with Gasteiger partial charge in [0.1, 0.15) is 0 Å². The average Bonchev–Trinajstić information content (AvgIpc) is 3.70. The zero-order chi connectivity index (χ0) is 33.5. The number of hydrogen-bond donors (Lipinski definition) is 0. The Morgan fingerprint density at radius 3 is 1.82 bits per heavy atom. The largest absolute Gasteiger partial charge is 0.277 e. The maximum atomic E-state index is 5.34. The van der Waals surface area contributed by atoms with E-state index >= 15 is 0 Å². The van der Waals surface area contributed by atoms with E-state index in [1.54, 1.807) is 0 Å². The molecular weight excluding hydrogens is 621 g/mol. The van der Waals surface area contributed by atoms with Crippen LogP contribution in [0.2, 0.25) is 0 Å². The van der Waals surface area contributed by atoms with Gasteiger partial charge in [-0.05, 0) is 57.3 Å². The van der Waals surface area contributed by atoms with Crippen LogP contribution in [-0.2, 0) is 5.41 Å². The summed E-state index contributed by atoms with van der Waals surface area (Å²) in [5.41, 5.74) is 9.98. The van der Waals surface area contributed by atoms with Crippen LogP contribution in [0.5, 0.6) is 0 Å². The standard InChI is InChI=1S/C47H34N4/c1-4-17-31(18-5-1)44-48-45(32-19-6-2-7-20-32)50-46(49-44)51-38-27-26-30-16-8-9-21-33(30)40(38)41-42-39(34-22-10-11-23-35(34)43(41)51)36-24-12-13-25-37(36)47(42)28-14-3-15-29-47/h1-2,4-13,16-27H,3,14-15,28-29H2. The van der Waals surface area contributed by atoms with Crippen molar-refractivity contribution in [3.8, 4) is 39.9 Å². The lowest BCUT2D eigenvalue weighted by Crippen LogP contribution is -2.28. The number of nitrogens with zero attached hydrogens (tertiary/aromatic N) is 4. The fraction of sp³-hybridized carbons (Fsp3) is 0.128. The van der Waals surface area contributed by atoms with Crippen molar-refractivity contribution in [3.05, 3.63) is 157 Å². The topological polar surface area (TPSA) is 43.6 Å². The monoisotopic (exact) mass is 654 g/mol. The van der Waals surface area contributed by atoms with Crippen molar-refractivity contribution < 1.29 is 0 Å². The Bertz CT molecular complexity index is 2770. The molecule has 0 N–H and O–H groups in total. The first kappa shape index (κ1) is 28.7. The van der Waals surface area contributed by atoms with E-state index in [1.807, 2.05) is 36.4 Å². The first-order chi connectivity index (χ1) is 25.3. The highest BCUT2D eigenvalue weighted by molar-refractivity contribution is 6.30. The van der Waals surface area contributed by atoms with E-state index in [0.29, 0.717) is 17.6 Å². The molecule has 2 aliphatic carbocycles. The van der Waals surface area contributed by atoms with E-state index < -0.39 is 0 Å². The van der Waals surface area contributed by atoms with E-state index in [2.05, 4.69) is 114 Å². The molecule has 2 aromatic heterocycles. The molecule has 7 aromatic carbocycles. The quantitative estimate of drug-likeness (QED) is 0.190. The van der Waals surface area contributed by atoms with Gasteiger partial charge in [0.25, 0.3) is 0 Å². The molecule has 0 unspecified atom stereocenters. The smallest absolute Gasteiger partial charge is 0.238 e. The van der Waals surface area contributed by atoms with Crippen LogP contribution in [0.25, 0.3) is 83.2 Å². The molecule has 0 saturated heterocycles. The molecule has 0 amide bonds. The Morgan fingerprint density at radius 1 is 0.490 bits per heavy atom. The summed E-state index contributed by atoms with van der Waals surface area (Å²) in [5.74, 6) is 1.96. The second-order valence-corrected chi connectivity index (χ2v) is 14.2. The van der Waals surface area contributed by atoms with Crippen LogP contribution in [0, 0.1) is 0 Å². The van der Waals surface area contributed by atoms with Crippen LogP contribution in [0.3, 0.4) is 0 Å². The molecule has 4 nitrogen and oxygen atoms in total. The molecule has 9 aromatic rings. The van der Waals surface area contributed by atoms with Gasteiger partial charge in [-0.3, -0.25) is 4.57 Å².